The molecule has 2 rings (SSSR count). The molecule has 2 N–H and O–H groups in total. The van der Waals surface area contributed by atoms with Crippen molar-refractivity contribution in [2.24, 2.45) is 0 Å². The summed E-state index contributed by atoms with van der Waals surface area (Å²) in [5, 5.41) is 12.0. The minimum absolute atomic E-state index is 0.240. The molecule has 104 valence electrons. The van der Waals surface area contributed by atoms with Gasteiger partial charge in [-0.2, -0.15) is 0 Å². The van der Waals surface area contributed by atoms with Gasteiger partial charge in [0.1, 0.15) is 0 Å². The second-order valence-electron chi connectivity index (χ2n) is 4.41. The number of para-hydroxylation sites is 1. The number of guanidine groups is 1. The summed E-state index contributed by atoms with van der Waals surface area (Å²) in [6, 6.07) is 15.2. The predicted octanol–water partition coefficient (Wildman–Crippen LogP) is 4.47. The SMILES string of the molecule is CN(Cc1ccccc1)C(=N)Nc1c(Cl)cccc1Cl. The Morgan fingerprint density at radius 3 is 2.25 bits per heavy atom. The Hall–Kier alpha value is -1.71. The van der Waals surface area contributed by atoms with E-state index in [1.807, 2.05) is 37.4 Å². The largest absolute Gasteiger partial charge is 0.342 e. The lowest BCUT2D eigenvalue weighted by atomic mass is 10.2. The highest BCUT2D eigenvalue weighted by molar-refractivity contribution is 6.39. The van der Waals surface area contributed by atoms with E-state index in [4.69, 9.17) is 28.6 Å². The number of nitrogens with zero attached hydrogens (tertiary/aromatic N) is 1. The molecule has 3 nitrogen and oxygen atoms in total. The van der Waals surface area contributed by atoms with Gasteiger partial charge < -0.3 is 10.2 Å². The summed E-state index contributed by atoms with van der Waals surface area (Å²) >= 11 is 12.2. The first-order valence-corrected chi connectivity index (χ1v) is 6.88. The van der Waals surface area contributed by atoms with Gasteiger partial charge in [-0.3, -0.25) is 5.41 Å². The highest BCUT2D eigenvalue weighted by Gasteiger charge is 2.10. The van der Waals surface area contributed by atoms with E-state index in [2.05, 4.69) is 5.32 Å². The molecule has 0 unspecified atom stereocenters. The van der Waals surface area contributed by atoms with E-state index in [-0.39, 0.29) is 5.96 Å². The molecule has 0 aliphatic carbocycles. The van der Waals surface area contributed by atoms with Gasteiger partial charge in [0.25, 0.3) is 0 Å². The molecule has 0 radical (unpaired) electrons. The first-order valence-electron chi connectivity index (χ1n) is 6.12. The highest BCUT2D eigenvalue weighted by atomic mass is 35.5. The van der Waals surface area contributed by atoms with Gasteiger partial charge in [0, 0.05) is 13.6 Å². The fraction of sp³-hybridized carbons (Fsp3) is 0.133. The highest BCUT2D eigenvalue weighted by Crippen LogP contribution is 2.29. The van der Waals surface area contributed by atoms with Gasteiger partial charge in [-0.1, -0.05) is 59.6 Å². The van der Waals surface area contributed by atoms with Crippen molar-refractivity contribution in [1.82, 2.24) is 4.90 Å². The van der Waals surface area contributed by atoms with Crippen molar-refractivity contribution in [2.45, 2.75) is 6.54 Å². The van der Waals surface area contributed by atoms with E-state index < -0.39 is 0 Å². The third kappa shape index (κ3) is 3.65. The number of rotatable bonds is 3. The molecule has 0 atom stereocenters. The number of benzene rings is 2. The molecular formula is C15H15Cl2N3. The van der Waals surface area contributed by atoms with E-state index >= 15 is 0 Å². The lowest BCUT2D eigenvalue weighted by Crippen LogP contribution is -2.31. The molecule has 0 amide bonds. The van der Waals surface area contributed by atoms with E-state index in [9.17, 15) is 0 Å². The van der Waals surface area contributed by atoms with Gasteiger partial charge in [0.15, 0.2) is 5.96 Å². The zero-order valence-corrected chi connectivity index (χ0v) is 12.5. The van der Waals surface area contributed by atoms with Crippen LogP contribution in [0.25, 0.3) is 0 Å². The second-order valence-corrected chi connectivity index (χ2v) is 5.23. The average Bonchev–Trinajstić information content (AvgIpc) is 2.44. The lowest BCUT2D eigenvalue weighted by molar-refractivity contribution is 0.496. The van der Waals surface area contributed by atoms with Crippen LogP contribution in [0.4, 0.5) is 5.69 Å². The third-order valence-corrected chi connectivity index (χ3v) is 3.48. The van der Waals surface area contributed by atoms with Crippen molar-refractivity contribution in [3.63, 3.8) is 0 Å². The smallest absolute Gasteiger partial charge is 0.195 e. The molecule has 0 saturated heterocycles. The first-order chi connectivity index (χ1) is 9.58. The van der Waals surface area contributed by atoms with Crippen molar-refractivity contribution >= 4 is 34.8 Å². The van der Waals surface area contributed by atoms with E-state index in [1.165, 1.54) is 0 Å². The maximum Gasteiger partial charge on any atom is 0.195 e. The first kappa shape index (κ1) is 14.7. The maximum absolute atomic E-state index is 8.07. The van der Waals surface area contributed by atoms with Crippen molar-refractivity contribution < 1.29 is 0 Å². The zero-order chi connectivity index (χ0) is 14.5. The quantitative estimate of drug-likeness (QED) is 0.648. The van der Waals surface area contributed by atoms with Gasteiger partial charge in [0.05, 0.1) is 15.7 Å². The van der Waals surface area contributed by atoms with Crippen LogP contribution in [0, 0.1) is 5.41 Å². The van der Waals surface area contributed by atoms with Crippen molar-refractivity contribution in [2.75, 3.05) is 12.4 Å². The lowest BCUT2D eigenvalue weighted by Gasteiger charge is -2.21. The van der Waals surface area contributed by atoms with Crippen LogP contribution in [0.15, 0.2) is 48.5 Å². The standard InChI is InChI=1S/C15H15Cl2N3/c1-20(10-11-6-3-2-4-7-11)15(18)19-14-12(16)8-5-9-13(14)17/h2-9H,10H2,1H3,(H2,18,19). The summed E-state index contributed by atoms with van der Waals surface area (Å²) in [6.07, 6.45) is 0. The van der Waals surface area contributed by atoms with Crippen LogP contribution in [0.1, 0.15) is 5.56 Å². The number of anilines is 1. The Morgan fingerprint density at radius 1 is 1.05 bits per heavy atom. The average molecular weight is 308 g/mol. The summed E-state index contributed by atoms with van der Waals surface area (Å²) in [4.78, 5) is 1.79. The van der Waals surface area contributed by atoms with Crippen LogP contribution in [0.2, 0.25) is 10.0 Å². The monoisotopic (exact) mass is 307 g/mol. The van der Waals surface area contributed by atoms with Gasteiger partial charge in [-0.25, -0.2) is 0 Å². The van der Waals surface area contributed by atoms with E-state index in [0.29, 0.717) is 22.3 Å². The minimum atomic E-state index is 0.240. The molecule has 0 saturated carbocycles. The van der Waals surface area contributed by atoms with Gasteiger partial charge >= 0.3 is 0 Å². The summed E-state index contributed by atoms with van der Waals surface area (Å²) in [5.74, 6) is 0.240. The summed E-state index contributed by atoms with van der Waals surface area (Å²) in [7, 11) is 1.84. The summed E-state index contributed by atoms with van der Waals surface area (Å²) in [5.41, 5.74) is 1.69. The van der Waals surface area contributed by atoms with Gasteiger partial charge in [-0.15, -0.1) is 0 Å². The fourth-order valence-corrected chi connectivity index (χ4v) is 2.26. The molecule has 0 spiro atoms. The maximum atomic E-state index is 8.07. The molecule has 0 bridgehead atoms. The molecule has 0 heterocycles. The van der Waals surface area contributed by atoms with Gasteiger partial charge in [0.2, 0.25) is 0 Å². The van der Waals surface area contributed by atoms with Crippen molar-refractivity contribution in [1.29, 1.82) is 5.41 Å². The van der Waals surface area contributed by atoms with Crippen LogP contribution in [0.3, 0.4) is 0 Å². The summed E-state index contributed by atoms with van der Waals surface area (Å²) in [6.45, 7) is 0.634. The zero-order valence-electron chi connectivity index (χ0n) is 11.0. The molecule has 20 heavy (non-hydrogen) atoms. The van der Waals surface area contributed by atoms with Crippen molar-refractivity contribution in [3.8, 4) is 0 Å². The number of nitrogens with one attached hydrogen (secondary N) is 2. The van der Waals surface area contributed by atoms with Gasteiger partial charge in [-0.05, 0) is 17.7 Å². The Balaban J connectivity index is 2.05. The predicted molar refractivity (Wildman–Crippen MR) is 85.7 cm³/mol. The second kappa shape index (κ2) is 6.64. The number of halogens is 2. The molecule has 0 aliphatic heterocycles. The Bertz CT molecular complexity index is 579. The fourth-order valence-electron chi connectivity index (χ4n) is 1.77. The van der Waals surface area contributed by atoms with E-state index in [1.54, 1.807) is 23.1 Å². The van der Waals surface area contributed by atoms with Crippen LogP contribution in [-0.2, 0) is 6.54 Å². The Labute approximate surface area is 128 Å². The number of hydrogen-bond donors (Lipinski definition) is 2. The Kier molecular flexibility index (Phi) is 4.88. The summed E-state index contributed by atoms with van der Waals surface area (Å²) < 4.78 is 0. The molecule has 0 aliphatic rings. The molecule has 5 heteroatoms. The number of hydrogen-bond acceptors (Lipinski definition) is 1. The molecule has 0 aromatic heterocycles. The van der Waals surface area contributed by atoms with Crippen LogP contribution in [-0.4, -0.2) is 17.9 Å². The normalized spacial score (nSPS) is 10.2. The van der Waals surface area contributed by atoms with E-state index in [0.717, 1.165) is 5.56 Å². The molecule has 0 fully saturated rings. The third-order valence-electron chi connectivity index (χ3n) is 2.85. The van der Waals surface area contributed by atoms with Crippen LogP contribution < -0.4 is 5.32 Å². The minimum Gasteiger partial charge on any atom is -0.342 e. The molecular weight excluding hydrogens is 293 g/mol. The topological polar surface area (TPSA) is 39.1 Å². The van der Waals surface area contributed by atoms with Crippen LogP contribution >= 0.6 is 23.2 Å². The molecule has 2 aromatic rings. The Morgan fingerprint density at radius 2 is 1.65 bits per heavy atom. The van der Waals surface area contributed by atoms with Crippen LogP contribution in [0.5, 0.6) is 0 Å². The molecule has 2 aromatic carbocycles. The van der Waals surface area contributed by atoms with Crippen molar-refractivity contribution in [3.05, 3.63) is 64.1 Å².